The van der Waals surface area contributed by atoms with Gasteiger partial charge < -0.3 is 5.11 Å². The summed E-state index contributed by atoms with van der Waals surface area (Å²) in [4.78, 5) is 0. The third-order valence-electron chi connectivity index (χ3n) is 4.90. The Morgan fingerprint density at radius 1 is 0.667 bits per heavy atom. The van der Waals surface area contributed by atoms with Crippen LogP contribution in [0.25, 0.3) is 0 Å². The zero-order chi connectivity index (χ0) is 17.2. The minimum absolute atomic E-state index is 0.563. The van der Waals surface area contributed by atoms with Crippen molar-refractivity contribution in [3.8, 4) is 0 Å². The van der Waals surface area contributed by atoms with Crippen LogP contribution >= 0.6 is 0 Å². The molecule has 0 spiro atoms. The number of aryl methyl sites for hydroxylation is 3. The van der Waals surface area contributed by atoms with Crippen LogP contribution in [0.15, 0.2) is 72.8 Å². The van der Waals surface area contributed by atoms with Gasteiger partial charge in [-0.15, -0.1) is 0 Å². The van der Waals surface area contributed by atoms with Gasteiger partial charge >= 0.3 is 0 Å². The van der Waals surface area contributed by atoms with Crippen LogP contribution in [0.2, 0.25) is 0 Å². The van der Waals surface area contributed by atoms with Crippen molar-refractivity contribution in [1.82, 2.24) is 0 Å². The predicted octanol–water partition coefficient (Wildman–Crippen LogP) is 5.09. The summed E-state index contributed by atoms with van der Waals surface area (Å²) in [7, 11) is 0. The molecule has 3 aromatic rings. The molecule has 24 heavy (non-hydrogen) atoms. The van der Waals surface area contributed by atoms with E-state index in [0.717, 1.165) is 11.1 Å². The first-order chi connectivity index (χ1) is 11.5. The van der Waals surface area contributed by atoms with E-state index in [1.54, 1.807) is 0 Å². The fourth-order valence-corrected chi connectivity index (χ4v) is 3.28. The van der Waals surface area contributed by atoms with Gasteiger partial charge in [-0.05, 0) is 54.2 Å². The highest BCUT2D eigenvalue weighted by molar-refractivity contribution is 5.42. The molecule has 0 amide bonds. The van der Waals surface area contributed by atoms with E-state index in [9.17, 15) is 5.11 Å². The highest BCUT2D eigenvalue weighted by atomic mass is 16.3. The van der Waals surface area contributed by atoms with Gasteiger partial charge in [-0.1, -0.05) is 72.8 Å². The van der Waals surface area contributed by atoms with Gasteiger partial charge in [0.05, 0.1) is 0 Å². The molecule has 0 radical (unpaired) electrons. The molecule has 0 saturated heterocycles. The van der Waals surface area contributed by atoms with Crippen LogP contribution in [0.1, 0.15) is 33.4 Å². The Hall–Kier alpha value is -2.38. The molecule has 122 valence electrons. The Morgan fingerprint density at radius 3 is 1.62 bits per heavy atom. The summed E-state index contributed by atoms with van der Waals surface area (Å²) in [5, 5.41) is 11.7. The third kappa shape index (κ3) is 3.13. The second kappa shape index (κ2) is 6.62. The molecule has 0 fully saturated rings. The smallest absolute Gasteiger partial charge is 0.119 e. The van der Waals surface area contributed by atoms with Gasteiger partial charge in [0.15, 0.2) is 0 Å². The molecular formula is C23H24O. The first-order valence-corrected chi connectivity index (χ1v) is 8.41. The van der Waals surface area contributed by atoms with E-state index in [1.807, 2.05) is 60.7 Å². The van der Waals surface area contributed by atoms with Crippen molar-refractivity contribution in [1.29, 1.82) is 0 Å². The molecule has 1 N–H and O–H groups in total. The van der Waals surface area contributed by atoms with E-state index in [1.165, 1.54) is 22.3 Å². The van der Waals surface area contributed by atoms with Gasteiger partial charge in [0.2, 0.25) is 0 Å². The lowest BCUT2D eigenvalue weighted by atomic mass is 9.80. The predicted molar refractivity (Wildman–Crippen MR) is 100 cm³/mol. The Labute approximate surface area is 144 Å². The molecule has 3 rings (SSSR count). The van der Waals surface area contributed by atoms with Crippen molar-refractivity contribution in [3.63, 3.8) is 0 Å². The third-order valence-corrected chi connectivity index (χ3v) is 4.90. The standard InChI is InChI=1S/C23H24O/c1-17-14-19(3)20(15-18(17)2)16-23(24,21-10-6-4-7-11-21)22-12-8-5-9-13-22/h4-15,24H,16H2,1-3H3. The van der Waals surface area contributed by atoms with Gasteiger partial charge in [0.25, 0.3) is 0 Å². The van der Waals surface area contributed by atoms with Gasteiger partial charge in [0.1, 0.15) is 5.60 Å². The van der Waals surface area contributed by atoms with Crippen LogP contribution in [0, 0.1) is 20.8 Å². The molecule has 0 saturated carbocycles. The topological polar surface area (TPSA) is 20.2 Å². The number of hydrogen-bond acceptors (Lipinski definition) is 1. The van der Waals surface area contributed by atoms with Crippen molar-refractivity contribution < 1.29 is 5.11 Å². The summed E-state index contributed by atoms with van der Waals surface area (Å²) in [6.07, 6.45) is 0.563. The summed E-state index contributed by atoms with van der Waals surface area (Å²) in [5.74, 6) is 0. The Kier molecular flexibility index (Phi) is 4.55. The van der Waals surface area contributed by atoms with Crippen LogP contribution in [0.5, 0.6) is 0 Å². The maximum absolute atomic E-state index is 11.7. The average Bonchev–Trinajstić information content (AvgIpc) is 2.61. The van der Waals surface area contributed by atoms with Crippen LogP contribution in [0.4, 0.5) is 0 Å². The fourth-order valence-electron chi connectivity index (χ4n) is 3.28. The zero-order valence-electron chi connectivity index (χ0n) is 14.6. The number of rotatable bonds is 4. The molecule has 0 atom stereocenters. The molecule has 0 unspecified atom stereocenters. The number of aliphatic hydroxyl groups is 1. The molecule has 3 aromatic carbocycles. The zero-order valence-corrected chi connectivity index (χ0v) is 14.6. The highest BCUT2D eigenvalue weighted by Gasteiger charge is 2.32. The van der Waals surface area contributed by atoms with Gasteiger partial charge in [0, 0.05) is 6.42 Å². The summed E-state index contributed by atoms with van der Waals surface area (Å²) in [6.45, 7) is 6.38. The number of hydrogen-bond donors (Lipinski definition) is 1. The molecular weight excluding hydrogens is 292 g/mol. The summed E-state index contributed by atoms with van der Waals surface area (Å²) in [5.41, 5.74) is 5.78. The average molecular weight is 316 g/mol. The van der Waals surface area contributed by atoms with Gasteiger partial charge in [-0.3, -0.25) is 0 Å². The lowest BCUT2D eigenvalue weighted by Gasteiger charge is -2.30. The van der Waals surface area contributed by atoms with E-state index < -0.39 is 5.60 Å². The minimum atomic E-state index is -1.03. The van der Waals surface area contributed by atoms with E-state index in [2.05, 4.69) is 32.9 Å². The Bertz CT molecular complexity index is 780. The van der Waals surface area contributed by atoms with E-state index >= 15 is 0 Å². The second-order valence-electron chi connectivity index (χ2n) is 6.63. The molecule has 0 aromatic heterocycles. The number of benzene rings is 3. The van der Waals surface area contributed by atoms with Gasteiger partial charge in [-0.25, -0.2) is 0 Å². The lowest BCUT2D eigenvalue weighted by Crippen LogP contribution is -2.30. The van der Waals surface area contributed by atoms with Crippen LogP contribution in [-0.2, 0) is 12.0 Å². The van der Waals surface area contributed by atoms with Crippen LogP contribution in [0.3, 0.4) is 0 Å². The van der Waals surface area contributed by atoms with Crippen LogP contribution < -0.4 is 0 Å². The Balaban J connectivity index is 2.12. The van der Waals surface area contributed by atoms with Crippen molar-refractivity contribution in [2.24, 2.45) is 0 Å². The molecule has 0 aliphatic rings. The van der Waals surface area contributed by atoms with Crippen molar-refractivity contribution in [3.05, 3.63) is 106 Å². The first-order valence-electron chi connectivity index (χ1n) is 8.41. The van der Waals surface area contributed by atoms with Crippen molar-refractivity contribution in [2.45, 2.75) is 32.8 Å². The largest absolute Gasteiger partial charge is 0.380 e. The lowest BCUT2D eigenvalue weighted by molar-refractivity contribution is 0.0809. The fraction of sp³-hybridized carbons (Fsp3) is 0.217. The Morgan fingerprint density at radius 2 is 1.12 bits per heavy atom. The van der Waals surface area contributed by atoms with E-state index in [4.69, 9.17) is 0 Å². The molecule has 0 bridgehead atoms. The molecule has 1 heteroatoms. The molecule has 0 heterocycles. The van der Waals surface area contributed by atoms with E-state index in [-0.39, 0.29) is 0 Å². The highest BCUT2D eigenvalue weighted by Crippen LogP contribution is 2.34. The maximum Gasteiger partial charge on any atom is 0.119 e. The van der Waals surface area contributed by atoms with Crippen molar-refractivity contribution >= 4 is 0 Å². The monoisotopic (exact) mass is 316 g/mol. The van der Waals surface area contributed by atoms with E-state index in [0.29, 0.717) is 6.42 Å². The SMILES string of the molecule is Cc1cc(C)c(CC(O)(c2ccccc2)c2ccccc2)cc1C. The van der Waals surface area contributed by atoms with Crippen molar-refractivity contribution in [2.75, 3.05) is 0 Å². The molecule has 0 aliphatic carbocycles. The minimum Gasteiger partial charge on any atom is -0.380 e. The normalized spacial score (nSPS) is 11.5. The quantitative estimate of drug-likeness (QED) is 0.711. The summed E-state index contributed by atoms with van der Waals surface area (Å²) >= 11 is 0. The first kappa shape index (κ1) is 16.5. The van der Waals surface area contributed by atoms with Crippen LogP contribution in [-0.4, -0.2) is 5.11 Å². The molecule has 0 aliphatic heterocycles. The second-order valence-corrected chi connectivity index (χ2v) is 6.63. The maximum atomic E-state index is 11.7. The summed E-state index contributed by atoms with van der Waals surface area (Å²) in [6, 6.07) is 24.3. The summed E-state index contributed by atoms with van der Waals surface area (Å²) < 4.78 is 0. The molecule has 1 nitrogen and oxygen atoms in total. The van der Waals surface area contributed by atoms with Gasteiger partial charge in [-0.2, -0.15) is 0 Å².